The Morgan fingerprint density at radius 1 is 1.33 bits per heavy atom. The number of hydrogen-bond acceptors (Lipinski definition) is 3. The molecule has 0 heterocycles. The summed E-state index contributed by atoms with van der Waals surface area (Å²) in [6.45, 7) is 2.74. The van der Waals surface area contributed by atoms with Gasteiger partial charge in [-0.1, -0.05) is 11.6 Å². The van der Waals surface area contributed by atoms with Gasteiger partial charge in [0, 0.05) is 16.8 Å². The minimum atomic E-state index is -4.64. The molecule has 0 aliphatic carbocycles. The topological polar surface area (TPSA) is 63.4 Å². The van der Waals surface area contributed by atoms with E-state index < -0.39 is 28.8 Å². The Balaban J connectivity index is 3.36. The van der Waals surface area contributed by atoms with Crippen molar-refractivity contribution < 1.29 is 21.6 Å². The zero-order chi connectivity index (χ0) is 16.6. The number of sulfonamides is 1. The van der Waals surface area contributed by atoms with Crippen LogP contribution in [0.2, 0.25) is 5.02 Å². The van der Waals surface area contributed by atoms with Crippen LogP contribution in [0, 0.1) is 6.92 Å². The quantitative estimate of drug-likeness (QED) is 0.853. The van der Waals surface area contributed by atoms with Crippen molar-refractivity contribution in [3.63, 3.8) is 0 Å². The van der Waals surface area contributed by atoms with Crippen molar-refractivity contribution in [1.82, 2.24) is 4.31 Å². The van der Waals surface area contributed by atoms with Crippen LogP contribution >= 0.6 is 11.6 Å². The lowest BCUT2D eigenvalue weighted by atomic mass is 10.2. The molecule has 0 radical (unpaired) electrons. The van der Waals surface area contributed by atoms with Crippen LogP contribution in [-0.2, 0) is 10.0 Å². The molecule has 2 N–H and O–H groups in total. The Morgan fingerprint density at radius 2 is 1.86 bits per heavy atom. The maximum absolute atomic E-state index is 12.6. The number of alkyl halides is 3. The molecule has 0 saturated heterocycles. The van der Waals surface area contributed by atoms with Crippen molar-refractivity contribution in [2.24, 2.45) is 0 Å². The van der Waals surface area contributed by atoms with Crippen molar-refractivity contribution in [2.45, 2.75) is 37.9 Å². The first-order valence-electron chi connectivity index (χ1n) is 6.00. The molecule has 9 heteroatoms. The summed E-state index contributed by atoms with van der Waals surface area (Å²) in [4.78, 5) is -0.353. The predicted molar refractivity (Wildman–Crippen MR) is 75.7 cm³/mol. The molecule has 120 valence electrons. The molecule has 1 aromatic rings. The number of nitrogens with two attached hydrogens (primary N) is 1. The van der Waals surface area contributed by atoms with Crippen molar-refractivity contribution in [2.75, 3.05) is 12.3 Å². The highest BCUT2D eigenvalue weighted by Crippen LogP contribution is 2.30. The third-order valence-corrected chi connectivity index (χ3v) is 5.27. The van der Waals surface area contributed by atoms with Crippen LogP contribution in [0.4, 0.5) is 18.9 Å². The molecule has 0 aliphatic heterocycles. The molecule has 0 fully saturated rings. The lowest BCUT2D eigenvalue weighted by Gasteiger charge is -2.27. The molecule has 1 rings (SSSR count). The highest BCUT2D eigenvalue weighted by Gasteiger charge is 2.38. The summed E-state index contributed by atoms with van der Waals surface area (Å²) in [7, 11) is -4.35. The van der Waals surface area contributed by atoms with Crippen molar-refractivity contribution in [3.8, 4) is 0 Å². The number of rotatable bonds is 4. The molecule has 0 aliphatic rings. The lowest BCUT2D eigenvalue weighted by Crippen LogP contribution is -2.43. The van der Waals surface area contributed by atoms with Crippen molar-refractivity contribution in [1.29, 1.82) is 0 Å². The highest BCUT2D eigenvalue weighted by atomic mass is 35.5. The largest absolute Gasteiger partial charge is 0.402 e. The van der Waals surface area contributed by atoms with Gasteiger partial charge in [-0.25, -0.2) is 8.42 Å². The standard InChI is InChI=1S/C12H16ClF3N2O2S/c1-7(2)18(6-12(14,15)16)21(19,20)9-4-10(13)8(3)11(17)5-9/h4-5,7H,6,17H2,1-3H3. The van der Waals surface area contributed by atoms with E-state index in [1.807, 2.05) is 0 Å². The fraction of sp³-hybridized carbons (Fsp3) is 0.500. The molecule has 4 nitrogen and oxygen atoms in total. The fourth-order valence-corrected chi connectivity index (χ4v) is 3.66. The molecule has 0 aromatic heterocycles. The Morgan fingerprint density at radius 3 is 2.24 bits per heavy atom. The second-order valence-corrected chi connectivity index (χ2v) is 7.18. The average molecular weight is 345 g/mol. The lowest BCUT2D eigenvalue weighted by molar-refractivity contribution is -0.138. The van der Waals surface area contributed by atoms with E-state index in [9.17, 15) is 21.6 Å². The third kappa shape index (κ3) is 4.24. The van der Waals surface area contributed by atoms with Gasteiger partial charge in [0.05, 0.1) is 4.90 Å². The third-order valence-electron chi connectivity index (χ3n) is 2.88. The summed E-state index contributed by atoms with van der Waals surface area (Å²) in [6.07, 6.45) is -4.64. The number of nitrogens with zero attached hydrogens (tertiary/aromatic N) is 1. The van der Waals surface area contributed by atoms with Gasteiger partial charge >= 0.3 is 6.18 Å². The summed E-state index contributed by atoms with van der Waals surface area (Å²) in [5.41, 5.74) is 6.21. The van der Waals surface area contributed by atoms with E-state index in [4.69, 9.17) is 17.3 Å². The molecular formula is C12H16ClF3N2O2S. The Bertz CT molecular complexity index is 607. The summed E-state index contributed by atoms with van der Waals surface area (Å²) >= 11 is 5.86. The first kappa shape index (κ1) is 18.1. The first-order chi connectivity index (χ1) is 9.36. The predicted octanol–water partition coefficient (Wildman–Crippen LogP) is 3.19. The van der Waals surface area contributed by atoms with Crippen molar-refractivity contribution in [3.05, 3.63) is 22.7 Å². The molecule has 21 heavy (non-hydrogen) atoms. The Kier molecular flexibility index (Phi) is 5.18. The second-order valence-electron chi connectivity index (χ2n) is 4.88. The van der Waals surface area contributed by atoms with Crippen LogP contribution in [0.25, 0.3) is 0 Å². The summed E-state index contributed by atoms with van der Waals surface area (Å²) in [5.74, 6) is 0. The van der Waals surface area contributed by atoms with Gasteiger partial charge in [0.1, 0.15) is 6.54 Å². The fourth-order valence-electron chi connectivity index (χ4n) is 1.68. The number of halogens is 4. The van der Waals surface area contributed by atoms with E-state index in [0.717, 1.165) is 12.1 Å². The monoisotopic (exact) mass is 344 g/mol. The molecule has 0 atom stereocenters. The Hall–Kier alpha value is -0.990. The zero-order valence-electron chi connectivity index (χ0n) is 11.7. The molecular weight excluding hydrogens is 329 g/mol. The highest BCUT2D eigenvalue weighted by molar-refractivity contribution is 7.89. The normalized spacial score (nSPS) is 13.2. The molecule has 0 bridgehead atoms. The average Bonchev–Trinajstić information content (AvgIpc) is 2.30. The van der Waals surface area contributed by atoms with Gasteiger partial charge in [-0.15, -0.1) is 0 Å². The van der Waals surface area contributed by atoms with Gasteiger partial charge < -0.3 is 5.73 Å². The van der Waals surface area contributed by atoms with E-state index in [2.05, 4.69) is 0 Å². The maximum Gasteiger partial charge on any atom is 0.402 e. The molecule has 0 saturated carbocycles. The Labute approximate surface area is 126 Å². The first-order valence-corrected chi connectivity index (χ1v) is 7.82. The van der Waals surface area contributed by atoms with Crippen LogP contribution < -0.4 is 5.73 Å². The van der Waals surface area contributed by atoms with Gasteiger partial charge in [-0.2, -0.15) is 17.5 Å². The van der Waals surface area contributed by atoms with Gasteiger partial charge in [0.25, 0.3) is 0 Å². The van der Waals surface area contributed by atoms with Gasteiger partial charge in [0.2, 0.25) is 10.0 Å². The van der Waals surface area contributed by atoms with E-state index in [0.29, 0.717) is 9.87 Å². The second kappa shape index (κ2) is 6.02. The maximum atomic E-state index is 12.6. The number of nitrogen functional groups attached to an aromatic ring is 1. The van der Waals surface area contributed by atoms with E-state index in [1.54, 1.807) is 6.92 Å². The van der Waals surface area contributed by atoms with Crippen LogP contribution in [0.15, 0.2) is 17.0 Å². The summed E-state index contributed by atoms with van der Waals surface area (Å²) in [6, 6.07) is 1.36. The zero-order valence-corrected chi connectivity index (χ0v) is 13.3. The van der Waals surface area contributed by atoms with Gasteiger partial charge in [-0.3, -0.25) is 0 Å². The van der Waals surface area contributed by atoms with Crippen LogP contribution in [0.3, 0.4) is 0 Å². The van der Waals surface area contributed by atoms with Crippen LogP contribution in [-0.4, -0.2) is 31.5 Å². The minimum absolute atomic E-state index is 0.0873. The molecule has 0 amide bonds. The SMILES string of the molecule is Cc1c(N)cc(S(=O)(=O)N(CC(F)(F)F)C(C)C)cc1Cl. The molecule has 0 spiro atoms. The molecule has 0 unspecified atom stereocenters. The smallest absolute Gasteiger partial charge is 0.398 e. The minimum Gasteiger partial charge on any atom is -0.398 e. The van der Waals surface area contributed by atoms with Crippen molar-refractivity contribution >= 4 is 27.3 Å². The van der Waals surface area contributed by atoms with E-state index in [1.165, 1.54) is 13.8 Å². The van der Waals surface area contributed by atoms with Gasteiger partial charge in [-0.05, 0) is 38.5 Å². The summed E-state index contributed by atoms with van der Waals surface area (Å²) in [5, 5.41) is 0.0873. The van der Waals surface area contributed by atoms with E-state index >= 15 is 0 Å². The van der Waals surface area contributed by atoms with E-state index in [-0.39, 0.29) is 15.6 Å². The number of benzene rings is 1. The summed E-state index contributed by atoms with van der Waals surface area (Å²) < 4.78 is 62.9. The van der Waals surface area contributed by atoms with Crippen LogP contribution in [0.1, 0.15) is 19.4 Å². The van der Waals surface area contributed by atoms with Gasteiger partial charge in [0.15, 0.2) is 0 Å². The number of hydrogen-bond donors (Lipinski definition) is 1. The molecule has 1 aromatic carbocycles. The van der Waals surface area contributed by atoms with Crippen LogP contribution in [0.5, 0.6) is 0 Å². The number of anilines is 1.